The number of pyridine rings is 1. The Morgan fingerprint density at radius 1 is 0.791 bits per heavy atom. The molecule has 2 aliphatic rings. The summed E-state index contributed by atoms with van der Waals surface area (Å²) in [6.07, 6.45) is 8.61. The molecular formula is C51H44N8O6S2. The number of furan rings is 1. The average Bonchev–Trinajstić information content (AvgIpc) is 4.22. The van der Waals surface area contributed by atoms with Crippen molar-refractivity contribution in [3.05, 3.63) is 177 Å². The fourth-order valence-electron chi connectivity index (χ4n) is 9.15. The highest BCUT2D eigenvalue weighted by molar-refractivity contribution is 7.21. The summed E-state index contributed by atoms with van der Waals surface area (Å²) in [6, 6.07) is 36.8. The monoisotopic (exact) mass is 928 g/mol. The van der Waals surface area contributed by atoms with E-state index in [1.165, 1.54) is 24.2 Å². The zero-order chi connectivity index (χ0) is 45.6. The van der Waals surface area contributed by atoms with Crippen LogP contribution in [0.25, 0.3) is 41.6 Å². The minimum atomic E-state index is -0.198. The van der Waals surface area contributed by atoms with E-state index in [2.05, 4.69) is 10.4 Å². The fourth-order valence-corrected chi connectivity index (χ4v) is 11.1. The highest BCUT2D eigenvalue weighted by atomic mass is 32.1. The van der Waals surface area contributed by atoms with Crippen molar-refractivity contribution in [3.63, 3.8) is 0 Å². The number of thiazole rings is 2. The van der Waals surface area contributed by atoms with Crippen molar-refractivity contribution in [3.8, 4) is 21.8 Å². The molecule has 16 heteroatoms. The van der Waals surface area contributed by atoms with Gasteiger partial charge in [-0.25, -0.2) is 9.97 Å². The van der Waals surface area contributed by atoms with E-state index in [0.717, 1.165) is 60.8 Å². The number of carbonyl (C=O) groups is 1. The lowest BCUT2D eigenvalue weighted by molar-refractivity contribution is -0.116. The van der Waals surface area contributed by atoms with Crippen LogP contribution >= 0.6 is 22.7 Å². The van der Waals surface area contributed by atoms with E-state index in [1.807, 2.05) is 121 Å². The van der Waals surface area contributed by atoms with Crippen LogP contribution in [0, 0.1) is 6.92 Å². The van der Waals surface area contributed by atoms with Crippen molar-refractivity contribution in [1.82, 2.24) is 33.7 Å². The van der Waals surface area contributed by atoms with Crippen LogP contribution in [-0.2, 0) is 17.9 Å². The molecule has 0 spiro atoms. The molecule has 67 heavy (non-hydrogen) atoms. The quantitative estimate of drug-likeness (QED) is 0.141. The van der Waals surface area contributed by atoms with Crippen molar-refractivity contribution in [1.29, 1.82) is 0 Å². The number of nitrogens with zero attached hydrogens (tertiary/aromatic N) is 7. The van der Waals surface area contributed by atoms with Crippen LogP contribution in [0.15, 0.2) is 142 Å². The second-order valence-electron chi connectivity index (χ2n) is 16.7. The highest BCUT2D eigenvalue weighted by Gasteiger charge is 2.32. The standard InChI is InChI=1S/C26H20N4O3S.C25H24N4O3S/c1-17-24-21(14-23(31)28(17)16-19-10-7-13-33-19)29(15-18-8-3-2-4-9-18)30(25(24)32)26-27-20-11-5-6-12-22(20)34-26;1-31-21-12-15(10-11-20(21)32-16-6-2-3-7-16)17-13-23(30)28-24-18(17)14-26-29(24)25-27-19-8-4-5-9-22(19)33-25/h2-14H,15-16H2,1H3;4-5,8-12,14,16-17H,2-3,6-7,13H2,1H3,(H,28,30). The van der Waals surface area contributed by atoms with Gasteiger partial charge in [0.15, 0.2) is 11.5 Å². The second kappa shape index (κ2) is 17.7. The molecule has 1 aliphatic carbocycles. The molecule has 1 unspecified atom stereocenters. The molecule has 0 bridgehead atoms. The number of anilines is 1. The van der Waals surface area contributed by atoms with Crippen LogP contribution in [0.1, 0.15) is 66.2 Å². The van der Waals surface area contributed by atoms with Gasteiger partial charge in [-0.2, -0.15) is 14.5 Å². The van der Waals surface area contributed by atoms with Crippen LogP contribution in [-0.4, -0.2) is 52.8 Å². The average molecular weight is 929 g/mol. The first-order chi connectivity index (χ1) is 32.8. The summed E-state index contributed by atoms with van der Waals surface area (Å²) in [5.74, 6) is 2.64. The van der Waals surface area contributed by atoms with Crippen molar-refractivity contribution in [2.45, 2.75) is 64.1 Å². The summed E-state index contributed by atoms with van der Waals surface area (Å²) >= 11 is 3.00. The van der Waals surface area contributed by atoms with Gasteiger partial charge >= 0.3 is 0 Å². The van der Waals surface area contributed by atoms with Crippen LogP contribution in [0.3, 0.4) is 0 Å². The number of ether oxygens (including phenoxy) is 2. The molecule has 1 N–H and O–H groups in total. The summed E-state index contributed by atoms with van der Waals surface area (Å²) in [5.41, 5.74) is 5.55. The van der Waals surface area contributed by atoms with E-state index in [4.69, 9.17) is 23.9 Å². The number of nitrogens with one attached hydrogen (secondary N) is 1. The van der Waals surface area contributed by atoms with Gasteiger partial charge in [-0.15, -0.1) is 0 Å². The third-order valence-corrected chi connectivity index (χ3v) is 14.5. The molecular weight excluding hydrogens is 885 g/mol. The minimum absolute atomic E-state index is 0.0411. The molecule has 0 saturated heterocycles. The first kappa shape index (κ1) is 42.1. The smallest absolute Gasteiger partial charge is 0.283 e. The number of amides is 1. The van der Waals surface area contributed by atoms with E-state index < -0.39 is 0 Å². The lowest BCUT2D eigenvalue weighted by Gasteiger charge is -2.24. The molecule has 336 valence electrons. The molecule has 1 aliphatic heterocycles. The van der Waals surface area contributed by atoms with E-state index in [0.29, 0.717) is 52.0 Å². The summed E-state index contributed by atoms with van der Waals surface area (Å²) in [6.45, 7) is 2.50. The Balaban J connectivity index is 0.000000148. The van der Waals surface area contributed by atoms with E-state index in [-0.39, 0.29) is 35.6 Å². The van der Waals surface area contributed by atoms with Gasteiger partial charge in [0.05, 0.1) is 70.1 Å². The Morgan fingerprint density at radius 3 is 2.22 bits per heavy atom. The van der Waals surface area contributed by atoms with Gasteiger partial charge < -0.3 is 23.8 Å². The maximum Gasteiger partial charge on any atom is 0.283 e. The van der Waals surface area contributed by atoms with Crippen molar-refractivity contribution >= 4 is 65.7 Å². The first-order valence-electron chi connectivity index (χ1n) is 22.2. The Bertz CT molecular complexity index is 3490. The fraction of sp³-hybridized carbons (Fsp3) is 0.216. The Morgan fingerprint density at radius 2 is 1.51 bits per heavy atom. The van der Waals surface area contributed by atoms with Gasteiger partial charge in [-0.3, -0.25) is 19.1 Å². The van der Waals surface area contributed by atoms with Crippen LogP contribution in [0.4, 0.5) is 5.82 Å². The van der Waals surface area contributed by atoms with Crippen molar-refractivity contribution in [2.24, 2.45) is 0 Å². The van der Waals surface area contributed by atoms with E-state index in [1.54, 1.807) is 50.8 Å². The summed E-state index contributed by atoms with van der Waals surface area (Å²) in [5, 5.41) is 9.41. The van der Waals surface area contributed by atoms with Crippen LogP contribution < -0.4 is 25.9 Å². The number of para-hydroxylation sites is 2. The molecule has 1 amide bonds. The number of rotatable bonds is 10. The number of benzene rings is 4. The second-order valence-corrected chi connectivity index (χ2v) is 18.7. The van der Waals surface area contributed by atoms with Gasteiger partial charge in [0.2, 0.25) is 16.2 Å². The van der Waals surface area contributed by atoms with Gasteiger partial charge in [0.1, 0.15) is 11.6 Å². The Kier molecular flexibility index (Phi) is 11.1. The summed E-state index contributed by atoms with van der Waals surface area (Å²) < 4.78 is 26.1. The van der Waals surface area contributed by atoms with E-state index in [9.17, 15) is 14.4 Å². The van der Waals surface area contributed by atoms with E-state index >= 15 is 0 Å². The number of aryl methyl sites for hydroxylation is 1. The first-order valence-corrected chi connectivity index (χ1v) is 23.8. The molecule has 12 rings (SSSR count). The van der Waals surface area contributed by atoms with Gasteiger partial charge in [-0.05, 0) is 92.3 Å². The zero-order valence-electron chi connectivity index (χ0n) is 36.6. The topological polar surface area (TPSA) is 153 Å². The van der Waals surface area contributed by atoms with Crippen molar-refractivity contribution < 1.29 is 18.7 Å². The molecule has 0 radical (unpaired) electrons. The SMILES string of the molecule is COc1cc(C2CC(=O)Nc3c2cnn3-c2nc3ccccc3s2)ccc1OC1CCCC1.Cc1c2c(=O)n(-c3nc4ccccc4s3)n(Cc3ccccc3)c2cc(=O)n1Cc1ccco1. The molecule has 1 atom stereocenters. The maximum atomic E-state index is 13.9. The molecule has 10 aromatic rings. The molecule has 7 heterocycles. The zero-order valence-corrected chi connectivity index (χ0v) is 38.3. The molecule has 1 fully saturated rings. The van der Waals surface area contributed by atoms with Gasteiger partial charge in [0, 0.05) is 29.7 Å². The normalized spacial score (nSPS) is 14.9. The number of hydrogen-bond acceptors (Lipinski definition) is 11. The highest BCUT2D eigenvalue weighted by Crippen LogP contribution is 2.42. The molecule has 4 aromatic carbocycles. The molecule has 14 nitrogen and oxygen atoms in total. The number of aromatic nitrogens is 7. The Hall–Kier alpha value is -7.56. The number of hydrogen-bond donors (Lipinski definition) is 1. The number of methoxy groups -OCH3 is 1. The predicted molar refractivity (Wildman–Crippen MR) is 261 cm³/mol. The number of carbonyl (C=O) groups excluding carboxylic acids is 1. The van der Waals surface area contributed by atoms with Crippen LogP contribution in [0.2, 0.25) is 0 Å². The predicted octanol–water partition coefficient (Wildman–Crippen LogP) is 9.85. The lowest BCUT2D eigenvalue weighted by atomic mass is 9.87. The lowest BCUT2D eigenvalue weighted by Crippen LogP contribution is -2.24. The minimum Gasteiger partial charge on any atom is -0.493 e. The summed E-state index contributed by atoms with van der Waals surface area (Å²) in [4.78, 5) is 49.2. The van der Waals surface area contributed by atoms with Gasteiger partial charge in [-0.1, -0.05) is 83.3 Å². The van der Waals surface area contributed by atoms with Crippen molar-refractivity contribution in [2.75, 3.05) is 12.4 Å². The number of fused-ring (bicyclic) bond motifs is 4. The third-order valence-electron chi connectivity index (χ3n) is 12.5. The Labute approximate surface area is 391 Å². The molecule has 6 aromatic heterocycles. The van der Waals surface area contributed by atoms with Crippen LogP contribution in [0.5, 0.6) is 11.5 Å². The molecule has 1 saturated carbocycles. The maximum absolute atomic E-state index is 13.9. The summed E-state index contributed by atoms with van der Waals surface area (Å²) in [7, 11) is 1.66. The largest absolute Gasteiger partial charge is 0.493 e. The van der Waals surface area contributed by atoms with Gasteiger partial charge in [0.25, 0.3) is 11.1 Å². The third kappa shape index (κ3) is 8.01.